The van der Waals surface area contributed by atoms with Gasteiger partial charge >= 0.3 is 0 Å². The Morgan fingerprint density at radius 1 is 1.44 bits per heavy atom. The van der Waals surface area contributed by atoms with Crippen LogP contribution in [0.2, 0.25) is 0 Å². The summed E-state index contributed by atoms with van der Waals surface area (Å²) >= 11 is 2.23. The molecule has 16 heavy (non-hydrogen) atoms. The van der Waals surface area contributed by atoms with Gasteiger partial charge in [-0.15, -0.1) is 0 Å². The van der Waals surface area contributed by atoms with Crippen molar-refractivity contribution in [3.8, 4) is 5.75 Å². The lowest BCUT2D eigenvalue weighted by Gasteiger charge is -2.15. The van der Waals surface area contributed by atoms with Gasteiger partial charge in [-0.3, -0.25) is 0 Å². The van der Waals surface area contributed by atoms with Crippen molar-refractivity contribution < 1.29 is 9.84 Å². The van der Waals surface area contributed by atoms with E-state index in [-0.39, 0.29) is 0 Å². The highest BCUT2D eigenvalue weighted by Crippen LogP contribution is 2.14. The van der Waals surface area contributed by atoms with Gasteiger partial charge in [0.15, 0.2) is 0 Å². The van der Waals surface area contributed by atoms with Crippen molar-refractivity contribution in [1.29, 1.82) is 0 Å². The fourth-order valence-corrected chi connectivity index (χ4v) is 1.69. The third-order valence-corrected chi connectivity index (χ3v) is 2.67. The van der Waals surface area contributed by atoms with E-state index in [4.69, 9.17) is 4.74 Å². The smallest absolute Gasteiger partial charge is 0.120 e. The Bertz CT molecular complexity index is 318. The third kappa shape index (κ3) is 5.67. The summed E-state index contributed by atoms with van der Waals surface area (Å²) in [4.78, 5) is 0. The Balaban J connectivity index is 2.28. The zero-order valence-corrected chi connectivity index (χ0v) is 11.8. The number of halogens is 1. The topological polar surface area (TPSA) is 41.5 Å². The van der Waals surface area contributed by atoms with E-state index in [1.807, 2.05) is 38.1 Å². The molecule has 90 valence electrons. The van der Waals surface area contributed by atoms with Crippen LogP contribution in [0.3, 0.4) is 0 Å². The number of aliphatic hydroxyl groups excluding tert-OH is 1. The zero-order chi connectivity index (χ0) is 12.0. The van der Waals surface area contributed by atoms with Crippen LogP contribution in [-0.2, 0) is 0 Å². The molecule has 1 unspecified atom stereocenters. The molecule has 0 amide bonds. The standard InChI is InChI=1S/C12H18INO2/c1-9(2)14-7-11(15)8-16-12-5-3-4-10(13)6-12/h3-6,9,11,14-15H,7-8H2,1-2H3. The Labute approximate surface area is 110 Å². The number of ether oxygens (including phenoxy) is 1. The van der Waals surface area contributed by atoms with Crippen LogP contribution in [0.15, 0.2) is 24.3 Å². The summed E-state index contributed by atoms with van der Waals surface area (Å²) in [5, 5.41) is 12.8. The van der Waals surface area contributed by atoms with E-state index >= 15 is 0 Å². The van der Waals surface area contributed by atoms with Crippen molar-refractivity contribution in [1.82, 2.24) is 5.32 Å². The van der Waals surface area contributed by atoms with Gasteiger partial charge in [-0.1, -0.05) is 19.9 Å². The second kappa shape index (κ2) is 7.09. The van der Waals surface area contributed by atoms with Gasteiger partial charge in [-0.05, 0) is 40.8 Å². The van der Waals surface area contributed by atoms with Crippen molar-refractivity contribution in [2.45, 2.75) is 26.0 Å². The number of benzene rings is 1. The molecule has 1 aromatic rings. The normalized spacial score (nSPS) is 12.8. The first-order valence-corrected chi connectivity index (χ1v) is 6.45. The number of rotatable bonds is 6. The molecule has 0 saturated heterocycles. The average Bonchev–Trinajstić information content (AvgIpc) is 2.23. The summed E-state index contributed by atoms with van der Waals surface area (Å²) in [6.07, 6.45) is -0.472. The Kier molecular flexibility index (Phi) is 6.08. The summed E-state index contributed by atoms with van der Waals surface area (Å²) in [5.41, 5.74) is 0. The van der Waals surface area contributed by atoms with Crippen LogP contribution in [0, 0.1) is 3.57 Å². The summed E-state index contributed by atoms with van der Waals surface area (Å²) in [7, 11) is 0. The maximum absolute atomic E-state index is 9.64. The monoisotopic (exact) mass is 335 g/mol. The molecule has 0 aliphatic heterocycles. The highest BCUT2D eigenvalue weighted by atomic mass is 127. The first-order chi connectivity index (χ1) is 7.58. The molecule has 4 heteroatoms. The van der Waals surface area contributed by atoms with Gasteiger partial charge < -0.3 is 15.2 Å². The number of aliphatic hydroxyl groups is 1. The van der Waals surface area contributed by atoms with Crippen molar-refractivity contribution in [3.05, 3.63) is 27.8 Å². The molecule has 0 radical (unpaired) electrons. The second-order valence-electron chi connectivity index (χ2n) is 3.99. The van der Waals surface area contributed by atoms with E-state index < -0.39 is 6.10 Å². The molecule has 0 aliphatic carbocycles. The van der Waals surface area contributed by atoms with Crippen LogP contribution in [0.4, 0.5) is 0 Å². The van der Waals surface area contributed by atoms with Crippen LogP contribution in [0.25, 0.3) is 0 Å². The Morgan fingerprint density at radius 2 is 2.19 bits per heavy atom. The van der Waals surface area contributed by atoms with E-state index in [0.29, 0.717) is 19.2 Å². The molecule has 2 N–H and O–H groups in total. The van der Waals surface area contributed by atoms with Gasteiger partial charge in [0.1, 0.15) is 18.5 Å². The van der Waals surface area contributed by atoms with Crippen molar-refractivity contribution in [3.63, 3.8) is 0 Å². The van der Waals surface area contributed by atoms with Crippen LogP contribution < -0.4 is 10.1 Å². The fourth-order valence-electron chi connectivity index (χ4n) is 1.18. The predicted molar refractivity (Wildman–Crippen MR) is 73.8 cm³/mol. The van der Waals surface area contributed by atoms with Gasteiger partial charge in [0.05, 0.1) is 0 Å². The first-order valence-electron chi connectivity index (χ1n) is 5.37. The second-order valence-corrected chi connectivity index (χ2v) is 5.23. The minimum Gasteiger partial charge on any atom is -0.491 e. The SMILES string of the molecule is CC(C)NCC(O)COc1cccc(I)c1. The minimum absolute atomic E-state index is 0.319. The first kappa shape index (κ1) is 13.7. The highest BCUT2D eigenvalue weighted by molar-refractivity contribution is 14.1. The zero-order valence-electron chi connectivity index (χ0n) is 9.61. The molecule has 3 nitrogen and oxygen atoms in total. The molecule has 1 atom stereocenters. The summed E-state index contributed by atoms with van der Waals surface area (Å²) in [6.45, 7) is 4.97. The number of hydrogen-bond acceptors (Lipinski definition) is 3. The molecule has 0 bridgehead atoms. The van der Waals surface area contributed by atoms with E-state index in [2.05, 4.69) is 27.9 Å². The summed E-state index contributed by atoms with van der Waals surface area (Å²) in [6, 6.07) is 8.17. The van der Waals surface area contributed by atoms with Crippen LogP contribution in [0.1, 0.15) is 13.8 Å². The Hall–Kier alpha value is -0.330. The molecule has 0 spiro atoms. The fraction of sp³-hybridized carbons (Fsp3) is 0.500. The van der Waals surface area contributed by atoms with Crippen LogP contribution >= 0.6 is 22.6 Å². The molecule has 0 aliphatic rings. The van der Waals surface area contributed by atoms with Gasteiger partial charge in [-0.2, -0.15) is 0 Å². The molecule has 0 saturated carbocycles. The molecule has 0 heterocycles. The molecule has 0 aromatic heterocycles. The van der Waals surface area contributed by atoms with Crippen LogP contribution in [-0.4, -0.2) is 30.4 Å². The van der Waals surface area contributed by atoms with Crippen molar-refractivity contribution >= 4 is 22.6 Å². The van der Waals surface area contributed by atoms with Gasteiger partial charge in [0, 0.05) is 16.2 Å². The molecular weight excluding hydrogens is 317 g/mol. The molecule has 1 rings (SSSR count). The van der Waals surface area contributed by atoms with Crippen molar-refractivity contribution in [2.75, 3.05) is 13.2 Å². The highest BCUT2D eigenvalue weighted by Gasteiger charge is 2.05. The quantitative estimate of drug-likeness (QED) is 0.782. The largest absolute Gasteiger partial charge is 0.491 e. The molecule has 0 fully saturated rings. The van der Waals surface area contributed by atoms with E-state index in [9.17, 15) is 5.11 Å². The lowest BCUT2D eigenvalue weighted by atomic mass is 10.3. The average molecular weight is 335 g/mol. The third-order valence-electron chi connectivity index (χ3n) is 2.00. The minimum atomic E-state index is -0.472. The molecule has 1 aromatic carbocycles. The number of hydrogen-bond donors (Lipinski definition) is 2. The van der Waals surface area contributed by atoms with Gasteiger partial charge in [-0.25, -0.2) is 0 Å². The molecular formula is C12H18INO2. The lowest BCUT2D eigenvalue weighted by Crippen LogP contribution is -2.35. The Morgan fingerprint density at radius 3 is 2.81 bits per heavy atom. The van der Waals surface area contributed by atoms with Crippen LogP contribution in [0.5, 0.6) is 5.75 Å². The van der Waals surface area contributed by atoms with E-state index in [1.165, 1.54) is 0 Å². The predicted octanol–water partition coefficient (Wildman–Crippen LogP) is 2.03. The van der Waals surface area contributed by atoms with Gasteiger partial charge in [0.2, 0.25) is 0 Å². The summed E-state index contributed by atoms with van der Waals surface area (Å²) < 4.78 is 6.62. The number of nitrogens with one attached hydrogen (secondary N) is 1. The van der Waals surface area contributed by atoms with E-state index in [0.717, 1.165) is 9.32 Å². The van der Waals surface area contributed by atoms with Gasteiger partial charge in [0.25, 0.3) is 0 Å². The maximum atomic E-state index is 9.64. The summed E-state index contributed by atoms with van der Waals surface area (Å²) in [5.74, 6) is 0.801. The lowest BCUT2D eigenvalue weighted by molar-refractivity contribution is 0.104. The van der Waals surface area contributed by atoms with E-state index in [1.54, 1.807) is 0 Å². The van der Waals surface area contributed by atoms with Crippen molar-refractivity contribution in [2.24, 2.45) is 0 Å². The maximum Gasteiger partial charge on any atom is 0.120 e.